The van der Waals surface area contributed by atoms with Gasteiger partial charge in [0.2, 0.25) is 0 Å². The Bertz CT molecular complexity index is 671. The Morgan fingerprint density at radius 3 is 2.75 bits per heavy atom. The van der Waals surface area contributed by atoms with Crippen molar-refractivity contribution >= 4 is 17.0 Å². The van der Waals surface area contributed by atoms with E-state index in [1.54, 1.807) is 4.57 Å². The quantitative estimate of drug-likeness (QED) is 0.731. The fourth-order valence-corrected chi connectivity index (χ4v) is 2.87. The zero-order valence-electron chi connectivity index (χ0n) is 10.5. The number of aliphatic hydroxyl groups excluding tert-OH is 2. The molecule has 0 saturated heterocycles. The molecule has 2 aromatic rings. The molecule has 0 spiro atoms. The number of aromatic nitrogens is 4. The zero-order chi connectivity index (χ0) is 14.3. The van der Waals surface area contributed by atoms with Gasteiger partial charge in [-0.05, 0) is 5.57 Å². The highest BCUT2D eigenvalue weighted by molar-refractivity contribution is 5.81. The smallest absolute Gasteiger partial charge is 0.165 e. The van der Waals surface area contributed by atoms with Crippen molar-refractivity contribution in [1.29, 1.82) is 0 Å². The molecular weight excluding hydrogens is 265 g/mol. The van der Waals surface area contributed by atoms with Gasteiger partial charge in [-0.3, -0.25) is 0 Å². The van der Waals surface area contributed by atoms with Gasteiger partial charge in [0.15, 0.2) is 11.5 Å². The molecule has 0 amide bonds. The fourth-order valence-electron chi connectivity index (χ4n) is 2.87. The number of aliphatic hydroxyl groups is 2. The van der Waals surface area contributed by atoms with Crippen LogP contribution in [0.4, 0.5) is 10.2 Å². The Balaban J connectivity index is 2.09. The Morgan fingerprint density at radius 2 is 2.10 bits per heavy atom. The number of fused-ring (bicyclic) bond motifs is 1. The lowest BCUT2D eigenvalue weighted by atomic mass is 9.66. The lowest BCUT2D eigenvalue weighted by Gasteiger charge is -2.45. The van der Waals surface area contributed by atoms with E-state index in [2.05, 4.69) is 15.0 Å². The predicted molar refractivity (Wildman–Crippen MR) is 69.1 cm³/mol. The van der Waals surface area contributed by atoms with Crippen LogP contribution in [-0.2, 0) is 0 Å². The molecule has 1 aliphatic carbocycles. The second-order valence-electron chi connectivity index (χ2n) is 4.77. The summed E-state index contributed by atoms with van der Waals surface area (Å²) in [4.78, 5) is 12.1. The summed E-state index contributed by atoms with van der Waals surface area (Å²) in [6.45, 7) is -0.366. The third-order valence-corrected chi connectivity index (χ3v) is 3.91. The van der Waals surface area contributed by atoms with Crippen LogP contribution >= 0.6 is 0 Å². The standard InChI is InChI=1S/C12H14FN5O2/c13-1-6-7(2-19)8(3-20)10(6)18-5-17-9-11(14)15-4-16-12(9)18/h1,4-5,7-8,10,19-20H,2-3H2,(H2,14,15,16)/b6-1-/t7-,8+,10+/m1/s1. The lowest BCUT2D eigenvalue weighted by Crippen LogP contribution is -2.45. The van der Waals surface area contributed by atoms with Crippen molar-refractivity contribution in [2.75, 3.05) is 18.9 Å². The van der Waals surface area contributed by atoms with Gasteiger partial charge in [0.05, 0.1) is 25.3 Å². The number of anilines is 1. The van der Waals surface area contributed by atoms with E-state index in [1.165, 1.54) is 12.7 Å². The van der Waals surface area contributed by atoms with Crippen molar-refractivity contribution in [3.63, 3.8) is 0 Å². The Kier molecular flexibility index (Phi) is 3.11. The molecule has 8 heteroatoms. The van der Waals surface area contributed by atoms with Crippen LogP contribution in [0.3, 0.4) is 0 Å². The minimum atomic E-state index is -0.415. The van der Waals surface area contributed by atoms with Gasteiger partial charge in [-0.1, -0.05) is 0 Å². The average molecular weight is 279 g/mol. The van der Waals surface area contributed by atoms with Crippen molar-refractivity contribution < 1.29 is 14.6 Å². The molecule has 0 unspecified atom stereocenters. The molecule has 0 aromatic carbocycles. The van der Waals surface area contributed by atoms with Crippen molar-refractivity contribution in [2.45, 2.75) is 6.04 Å². The number of nitrogen functional groups attached to an aromatic ring is 1. The Labute approximate surface area is 113 Å². The van der Waals surface area contributed by atoms with Gasteiger partial charge in [0.25, 0.3) is 0 Å². The summed E-state index contributed by atoms with van der Waals surface area (Å²) in [7, 11) is 0. The minimum absolute atomic E-state index is 0.159. The van der Waals surface area contributed by atoms with Crippen LogP contribution in [0.5, 0.6) is 0 Å². The molecule has 3 atom stereocenters. The Morgan fingerprint density at radius 1 is 1.30 bits per heavy atom. The highest BCUT2D eigenvalue weighted by atomic mass is 19.1. The summed E-state index contributed by atoms with van der Waals surface area (Å²) in [6.07, 6.45) is 3.29. The number of nitrogens with two attached hydrogens (primary N) is 1. The van der Waals surface area contributed by atoms with Crippen molar-refractivity contribution in [3.8, 4) is 0 Å². The van der Waals surface area contributed by atoms with Crippen molar-refractivity contribution in [1.82, 2.24) is 19.5 Å². The van der Waals surface area contributed by atoms with E-state index in [4.69, 9.17) is 5.73 Å². The summed E-state index contributed by atoms with van der Waals surface area (Å²) in [5.74, 6) is -0.416. The molecule has 0 radical (unpaired) electrons. The van der Waals surface area contributed by atoms with Crippen LogP contribution in [0.25, 0.3) is 11.2 Å². The van der Waals surface area contributed by atoms with E-state index in [0.29, 0.717) is 23.1 Å². The van der Waals surface area contributed by atoms with E-state index in [9.17, 15) is 14.6 Å². The molecule has 1 saturated carbocycles. The van der Waals surface area contributed by atoms with Crippen LogP contribution < -0.4 is 5.73 Å². The monoisotopic (exact) mass is 279 g/mol. The first kappa shape index (κ1) is 12.9. The SMILES string of the molecule is Nc1ncnc2c1ncn2[C@H]1/C(=C\F)[C@@H](CO)[C@@H]1CO. The number of hydrogen-bond acceptors (Lipinski definition) is 6. The second-order valence-corrected chi connectivity index (χ2v) is 4.77. The topological polar surface area (TPSA) is 110 Å². The Hall–Kier alpha value is -2.06. The van der Waals surface area contributed by atoms with Crippen LogP contribution in [0.15, 0.2) is 24.6 Å². The first-order valence-electron chi connectivity index (χ1n) is 6.17. The fraction of sp³-hybridized carbons (Fsp3) is 0.417. The average Bonchev–Trinajstić information content (AvgIpc) is 2.84. The molecule has 2 heterocycles. The van der Waals surface area contributed by atoms with E-state index < -0.39 is 6.04 Å². The summed E-state index contributed by atoms with van der Waals surface area (Å²) < 4.78 is 14.7. The van der Waals surface area contributed by atoms with Gasteiger partial charge >= 0.3 is 0 Å². The molecule has 2 aromatic heterocycles. The van der Waals surface area contributed by atoms with E-state index in [-0.39, 0.29) is 30.9 Å². The van der Waals surface area contributed by atoms with Crippen LogP contribution in [0.1, 0.15) is 6.04 Å². The number of hydrogen-bond donors (Lipinski definition) is 3. The molecule has 0 aliphatic heterocycles. The number of nitrogens with zero attached hydrogens (tertiary/aromatic N) is 4. The maximum absolute atomic E-state index is 13.1. The molecule has 3 rings (SSSR count). The molecule has 1 aliphatic rings. The maximum Gasteiger partial charge on any atom is 0.165 e. The van der Waals surface area contributed by atoms with Gasteiger partial charge in [0.1, 0.15) is 11.8 Å². The third kappa shape index (κ3) is 1.61. The van der Waals surface area contributed by atoms with Gasteiger partial charge in [-0.15, -0.1) is 0 Å². The van der Waals surface area contributed by atoms with E-state index in [1.807, 2.05) is 0 Å². The summed E-state index contributed by atoms with van der Waals surface area (Å²) in [5.41, 5.74) is 7.05. The lowest BCUT2D eigenvalue weighted by molar-refractivity contribution is 0.0510. The molecule has 106 valence electrons. The summed E-state index contributed by atoms with van der Waals surface area (Å²) in [6, 6.07) is -0.415. The van der Waals surface area contributed by atoms with Crippen LogP contribution in [0.2, 0.25) is 0 Å². The molecule has 20 heavy (non-hydrogen) atoms. The van der Waals surface area contributed by atoms with Crippen LogP contribution in [-0.4, -0.2) is 42.9 Å². The van der Waals surface area contributed by atoms with E-state index in [0.717, 1.165) is 0 Å². The van der Waals surface area contributed by atoms with Gasteiger partial charge in [0, 0.05) is 18.4 Å². The van der Waals surface area contributed by atoms with E-state index >= 15 is 0 Å². The first-order chi connectivity index (χ1) is 9.72. The van der Waals surface area contributed by atoms with Gasteiger partial charge < -0.3 is 20.5 Å². The van der Waals surface area contributed by atoms with Crippen LogP contribution in [0, 0.1) is 11.8 Å². The number of halogens is 1. The minimum Gasteiger partial charge on any atom is -0.396 e. The molecule has 1 fully saturated rings. The second kappa shape index (κ2) is 4.80. The maximum atomic E-state index is 13.1. The van der Waals surface area contributed by atoms with Gasteiger partial charge in [-0.2, -0.15) is 0 Å². The molecule has 4 N–H and O–H groups in total. The van der Waals surface area contributed by atoms with Gasteiger partial charge in [-0.25, -0.2) is 19.3 Å². The number of imidazole rings is 1. The predicted octanol–water partition coefficient (Wildman–Crippen LogP) is 0.0336. The summed E-state index contributed by atoms with van der Waals surface area (Å²) in [5, 5.41) is 18.7. The third-order valence-electron chi connectivity index (χ3n) is 3.91. The molecular formula is C12H14FN5O2. The van der Waals surface area contributed by atoms with Crippen molar-refractivity contribution in [2.24, 2.45) is 11.8 Å². The van der Waals surface area contributed by atoms with Crippen molar-refractivity contribution in [3.05, 3.63) is 24.6 Å². The molecule has 7 nitrogen and oxygen atoms in total. The normalized spacial score (nSPS) is 27.9. The highest BCUT2D eigenvalue weighted by Gasteiger charge is 2.47. The number of rotatable bonds is 3. The first-order valence-corrected chi connectivity index (χ1v) is 6.17. The largest absolute Gasteiger partial charge is 0.396 e. The summed E-state index contributed by atoms with van der Waals surface area (Å²) >= 11 is 0. The highest BCUT2D eigenvalue weighted by Crippen LogP contribution is 2.49. The zero-order valence-corrected chi connectivity index (χ0v) is 10.5. The molecule has 0 bridgehead atoms.